The topological polar surface area (TPSA) is 69.9 Å². The predicted molar refractivity (Wildman–Crippen MR) is 256 cm³/mol. The number of aromatic nitrogens is 4. The Bertz CT molecular complexity index is 4490. The molecule has 4 heterocycles. The van der Waals surface area contributed by atoms with Gasteiger partial charge in [-0.1, -0.05) is 145 Å². The van der Waals surface area contributed by atoms with Crippen LogP contribution in [0.3, 0.4) is 0 Å². The highest BCUT2D eigenvalue weighted by Crippen LogP contribution is 2.40. The van der Waals surface area contributed by atoms with Crippen LogP contribution in [0.2, 0.25) is 0 Å². The van der Waals surface area contributed by atoms with Gasteiger partial charge >= 0.3 is 0 Å². The summed E-state index contributed by atoms with van der Waals surface area (Å²) in [6.07, 6.45) is 0. The highest BCUT2D eigenvalue weighted by Gasteiger charge is 2.19. The molecular formula is C57H34N4O2. The first-order valence-corrected chi connectivity index (χ1v) is 20.2. The highest BCUT2D eigenvalue weighted by atomic mass is 16.3. The van der Waals surface area contributed by atoms with E-state index in [1.165, 1.54) is 22.8 Å². The number of nitrogens with zero attached hydrogens (tertiary/aromatic N) is 4. The fourth-order valence-corrected chi connectivity index (χ4v) is 8.49. The third-order valence-corrected chi connectivity index (χ3v) is 11.5. The largest absolute Gasteiger partial charge is 0.456 e. The van der Waals surface area contributed by atoms with E-state index in [9.17, 15) is 6.85 Å². The lowest BCUT2D eigenvalue weighted by Crippen LogP contribution is -2.00. The van der Waals surface area contributed by atoms with Crippen LogP contribution in [0.25, 0.3) is 128 Å². The van der Waals surface area contributed by atoms with Gasteiger partial charge in [-0.05, 0) is 82.8 Å². The minimum atomic E-state index is -0.470. The molecule has 0 radical (unpaired) electrons. The molecule has 0 saturated heterocycles. The molecule has 63 heavy (non-hydrogen) atoms. The van der Waals surface area contributed by atoms with Gasteiger partial charge in [-0.25, -0.2) is 15.0 Å². The number of fused-ring (bicyclic) bond motifs is 9. The lowest BCUT2D eigenvalue weighted by molar-refractivity contribution is 0.668. The van der Waals surface area contributed by atoms with E-state index in [1.807, 2.05) is 78.9 Å². The van der Waals surface area contributed by atoms with Crippen LogP contribution in [0.4, 0.5) is 0 Å². The summed E-state index contributed by atoms with van der Waals surface area (Å²) in [6.45, 7) is 0. The van der Waals surface area contributed by atoms with Crippen molar-refractivity contribution in [1.29, 1.82) is 0 Å². The molecule has 0 aliphatic carbocycles. The summed E-state index contributed by atoms with van der Waals surface area (Å²) in [7, 11) is 0. The average Bonchev–Trinajstić information content (AvgIpc) is 4.14. The minimum absolute atomic E-state index is 0.0179. The van der Waals surface area contributed by atoms with Gasteiger partial charge in [0.2, 0.25) is 0 Å². The SMILES string of the molecule is [2H]c1cc2c3cc([2H])c([2H])c([2H])c3n(-c3cc4c(oc5c([2H])c(-c6nc(-c7ccccc7)nc(-c7ccc8c(c7)oc7cccc(-c9ccc(-c%10ccccc%10)cc9)c78)n6)c([2H])c([2H])c54)c([2H])c3[2H])c2c([2H])c1[2H]. The van der Waals surface area contributed by atoms with Crippen molar-refractivity contribution in [3.8, 4) is 62.1 Å². The lowest BCUT2D eigenvalue weighted by atomic mass is 9.96. The molecule has 0 aliphatic rings. The van der Waals surface area contributed by atoms with Crippen molar-refractivity contribution in [2.75, 3.05) is 0 Å². The van der Waals surface area contributed by atoms with Gasteiger partial charge < -0.3 is 13.4 Å². The third-order valence-electron chi connectivity index (χ3n) is 11.5. The molecular weight excluding hydrogens is 773 g/mol. The molecule has 6 nitrogen and oxygen atoms in total. The van der Waals surface area contributed by atoms with Crippen LogP contribution < -0.4 is 0 Å². The van der Waals surface area contributed by atoms with Crippen molar-refractivity contribution in [3.05, 3.63) is 206 Å². The fraction of sp³-hybridized carbons (Fsp3) is 0. The normalized spacial score (nSPS) is 14.3. The van der Waals surface area contributed by atoms with Crippen LogP contribution >= 0.6 is 0 Å². The first-order valence-electron chi connectivity index (χ1n) is 25.7. The molecule has 0 aliphatic heterocycles. The Morgan fingerprint density at radius 1 is 0.381 bits per heavy atom. The van der Waals surface area contributed by atoms with Gasteiger partial charge in [0.25, 0.3) is 0 Å². The molecule has 0 bridgehead atoms. The van der Waals surface area contributed by atoms with Gasteiger partial charge in [-0.2, -0.15) is 0 Å². The molecule has 4 aromatic heterocycles. The Morgan fingerprint density at radius 3 is 1.76 bits per heavy atom. The van der Waals surface area contributed by atoms with E-state index in [0.29, 0.717) is 22.3 Å². The number of benzene rings is 9. The summed E-state index contributed by atoms with van der Waals surface area (Å²) in [5.74, 6) is 0.351. The summed E-state index contributed by atoms with van der Waals surface area (Å²) in [6, 6.07) is 39.2. The number of hydrogen-bond donors (Lipinski definition) is 0. The molecule has 6 heteroatoms. The molecule has 0 atom stereocenters. The fourth-order valence-electron chi connectivity index (χ4n) is 8.49. The Balaban J connectivity index is 0.980. The summed E-state index contributed by atoms with van der Waals surface area (Å²) in [5, 5.41) is 2.36. The smallest absolute Gasteiger partial charge is 0.164 e. The van der Waals surface area contributed by atoms with E-state index in [4.69, 9.17) is 32.0 Å². The zero-order valence-corrected chi connectivity index (χ0v) is 32.9. The quantitative estimate of drug-likeness (QED) is 0.167. The van der Waals surface area contributed by atoms with E-state index < -0.39 is 48.3 Å². The van der Waals surface area contributed by atoms with Crippen molar-refractivity contribution in [2.24, 2.45) is 0 Å². The van der Waals surface area contributed by atoms with E-state index in [2.05, 4.69) is 42.5 Å². The molecule has 13 rings (SSSR count). The van der Waals surface area contributed by atoms with E-state index >= 15 is 0 Å². The molecule has 0 saturated carbocycles. The molecule has 0 fully saturated rings. The number of hydrogen-bond acceptors (Lipinski definition) is 5. The van der Waals surface area contributed by atoms with Crippen LogP contribution in [0.5, 0.6) is 0 Å². The Labute approximate surface area is 376 Å². The van der Waals surface area contributed by atoms with Crippen LogP contribution in [-0.4, -0.2) is 19.5 Å². The zero-order valence-electron chi connectivity index (χ0n) is 43.9. The monoisotopic (exact) mass is 817 g/mol. The number of para-hydroxylation sites is 2. The zero-order chi connectivity index (χ0) is 51.0. The third kappa shape index (κ3) is 5.76. The summed E-state index contributed by atoms with van der Waals surface area (Å²) < 4.78 is 113. The standard InChI is InChI=1S/C57H34N4O2/c1-3-12-35(13-4-1)36-22-24-37(25-23-36)42-18-11-21-51-54(42)46-30-27-40(33-53(46)63-51)57-59-55(38-14-5-2-6-15-38)58-56(60-57)39-26-29-45-47-34-41(28-31-50(47)62-52(45)32-39)61-48-19-9-7-16-43(48)44-17-8-10-20-49(44)61/h1-34H/i7D,8D,9D,10D,19D,20D,26D,28D,29D,31D,32D. The average molecular weight is 818 g/mol. The molecule has 0 amide bonds. The first kappa shape index (κ1) is 25.9. The summed E-state index contributed by atoms with van der Waals surface area (Å²) >= 11 is 0. The maximum Gasteiger partial charge on any atom is 0.164 e. The van der Waals surface area contributed by atoms with Gasteiger partial charge in [-0.15, -0.1) is 0 Å². The van der Waals surface area contributed by atoms with E-state index in [0.717, 1.165) is 33.0 Å². The Morgan fingerprint density at radius 2 is 1.02 bits per heavy atom. The van der Waals surface area contributed by atoms with Gasteiger partial charge in [0.05, 0.1) is 26.1 Å². The molecule has 0 N–H and O–H groups in total. The Hall–Kier alpha value is -8.61. The van der Waals surface area contributed by atoms with Gasteiger partial charge in [-0.3, -0.25) is 0 Å². The van der Waals surface area contributed by atoms with Crippen molar-refractivity contribution in [3.63, 3.8) is 0 Å². The number of furan rings is 2. The van der Waals surface area contributed by atoms with Crippen LogP contribution in [0, 0.1) is 0 Å². The molecule has 0 unspecified atom stereocenters. The minimum Gasteiger partial charge on any atom is -0.456 e. The molecule has 294 valence electrons. The second-order valence-corrected chi connectivity index (χ2v) is 15.1. The van der Waals surface area contributed by atoms with E-state index in [1.54, 1.807) is 0 Å². The lowest BCUT2D eigenvalue weighted by Gasteiger charge is -2.09. The molecule has 9 aromatic carbocycles. The van der Waals surface area contributed by atoms with Gasteiger partial charge in [0.15, 0.2) is 17.5 Å². The summed E-state index contributed by atoms with van der Waals surface area (Å²) in [5.41, 5.74) is 6.18. The van der Waals surface area contributed by atoms with Gasteiger partial charge in [0, 0.05) is 54.7 Å². The molecule has 13 aromatic rings. The van der Waals surface area contributed by atoms with Crippen molar-refractivity contribution in [2.45, 2.75) is 0 Å². The maximum atomic E-state index is 9.64. The number of rotatable bonds is 6. The van der Waals surface area contributed by atoms with Gasteiger partial charge in [0.1, 0.15) is 22.3 Å². The van der Waals surface area contributed by atoms with Crippen LogP contribution in [0.15, 0.2) is 215 Å². The van der Waals surface area contributed by atoms with Crippen LogP contribution in [0.1, 0.15) is 15.1 Å². The van der Waals surface area contributed by atoms with Crippen molar-refractivity contribution < 1.29 is 23.9 Å². The van der Waals surface area contributed by atoms with E-state index in [-0.39, 0.29) is 90.6 Å². The van der Waals surface area contributed by atoms with Crippen LogP contribution in [-0.2, 0) is 0 Å². The van der Waals surface area contributed by atoms with Crippen molar-refractivity contribution in [1.82, 2.24) is 19.5 Å². The highest BCUT2D eigenvalue weighted by molar-refractivity contribution is 6.13. The molecule has 0 spiro atoms. The summed E-state index contributed by atoms with van der Waals surface area (Å²) in [4.78, 5) is 14.6. The Kier molecular flexibility index (Phi) is 5.74. The second kappa shape index (κ2) is 14.0. The van der Waals surface area contributed by atoms with Crippen molar-refractivity contribution >= 4 is 65.7 Å². The predicted octanol–water partition coefficient (Wildman–Crippen LogP) is 15.1. The first-order chi connectivity index (χ1) is 35.8. The maximum absolute atomic E-state index is 9.64. The second-order valence-electron chi connectivity index (χ2n) is 15.1.